The van der Waals surface area contributed by atoms with E-state index in [-0.39, 0.29) is 5.41 Å². The Bertz CT molecular complexity index is 140. The fraction of sp³-hybridized carbons (Fsp3) is 0.833. The van der Waals surface area contributed by atoms with Crippen molar-refractivity contribution >= 4 is 0 Å². The van der Waals surface area contributed by atoms with Crippen LogP contribution in [-0.4, -0.2) is 13.2 Å². The molecule has 0 rings (SSSR count). The molecule has 0 aliphatic rings. The van der Waals surface area contributed by atoms with Crippen molar-refractivity contribution in [2.24, 2.45) is 11.3 Å². The van der Waals surface area contributed by atoms with E-state index in [1.807, 2.05) is 0 Å². The molecule has 0 aromatic carbocycles. The van der Waals surface area contributed by atoms with Gasteiger partial charge in [-0.1, -0.05) is 46.8 Å². The molecule has 0 heterocycles. The predicted octanol–water partition coefficient (Wildman–Crippen LogP) is 3.65. The van der Waals surface area contributed by atoms with Crippen LogP contribution in [0.4, 0.5) is 0 Å². The van der Waals surface area contributed by atoms with Crippen LogP contribution in [0.25, 0.3) is 0 Å². The average molecular weight is 184 g/mol. The van der Waals surface area contributed by atoms with Crippen LogP contribution in [0.3, 0.4) is 0 Å². The lowest BCUT2D eigenvalue weighted by Gasteiger charge is -2.11. The second-order valence-corrected chi connectivity index (χ2v) is 5.03. The van der Waals surface area contributed by atoms with Gasteiger partial charge < -0.3 is 4.74 Å². The first-order valence-electron chi connectivity index (χ1n) is 5.17. The third-order valence-corrected chi connectivity index (χ3v) is 1.67. The van der Waals surface area contributed by atoms with Crippen LogP contribution in [0.1, 0.15) is 41.0 Å². The minimum Gasteiger partial charge on any atom is -0.377 e. The quantitative estimate of drug-likeness (QED) is 0.468. The van der Waals surface area contributed by atoms with Crippen molar-refractivity contribution in [2.45, 2.75) is 41.0 Å². The van der Waals surface area contributed by atoms with Gasteiger partial charge in [-0.15, -0.1) is 0 Å². The first-order chi connectivity index (χ1) is 5.92. The van der Waals surface area contributed by atoms with Gasteiger partial charge in [0.25, 0.3) is 0 Å². The van der Waals surface area contributed by atoms with E-state index in [2.05, 4.69) is 46.8 Å². The summed E-state index contributed by atoms with van der Waals surface area (Å²) in [6, 6.07) is 0. The zero-order chi connectivity index (χ0) is 10.3. The first kappa shape index (κ1) is 12.7. The summed E-state index contributed by atoms with van der Waals surface area (Å²) in [6.45, 7) is 12.6. The molecule has 0 N–H and O–H groups in total. The fourth-order valence-corrected chi connectivity index (χ4v) is 0.872. The smallest absolute Gasteiger partial charge is 0.0647 e. The van der Waals surface area contributed by atoms with Crippen LogP contribution in [0.15, 0.2) is 12.2 Å². The average Bonchev–Trinajstić information content (AvgIpc) is 1.93. The van der Waals surface area contributed by atoms with Crippen LogP contribution in [0, 0.1) is 11.3 Å². The van der Waals surface area contributed by atoms with Crippen LogP contribution in [0.2, 0.25) is 0 Å². The van der Waals surface area contributed by atoms with E-state index in [1.165, 1.54) is 0 Å². The SMILES string of the molecule is CC(C)CCOC/C=C\C(C)(C)C. The van der Waals surface area contributed by atoms with Gasteiger partial charge in [0.05, 0.1) is 6.61 Å². The number of rotatable bonds is 5. The third kappa shape index (κ3) is 11.7. The van der Waals surface area contributed by atoms with Crippen LogP contribution >= 0.6 is 0 Å². The molecule has 0 atom stereocenters. The van der Waals surface area contributed by atoms with Gasteiger partial charge in [-0.25, -0.2) is 0 Å². The summed E-state index contributed by atoms with van der Waals surface area (Å²) in [5, 5.41) is 0. The minimum atomic E-state index is 0.279. The Morgan fingerprint density at radius 1 is 1.23 bits per heavy atom. The van der Waals surface area contributed by atoms with E-state index in [0.717, 1.165) is 25.6 Å². The van der Waals surface area contributed by atoms with Crippen molar-refractivity contribution in [3.05, 3.63) is 12.2 Å². The van der Waals surface area contributed by atoms with Crippen molar-refractivity contribution in [3.63, 3.8) is 0 Å². The Morgan fingerprint density at radius 2 is 1.85 bits per heavy atom. The molecule has 0 aliphatic carbocycles. The van der Waals surface area contributed by atoms with Crippen molar-refractivity contribution in [2.75, 3.05) is 13.2 Å². The maximum atomic E-state index is 5.45. The molecule has 0 unspecified atom stereocenters. The Hall–Kier alpha value is -0.300. The minimum absolute atomic E-state index is 0.279. The molecule has 0 aliphatic heterocycles. The summed E-state index contributed by atoms with van der Waals surface area (Å²) in [6.07, 6.45) is 5.46. The molecule has 0 radical (unpaired) electrons. The highest BCUT2D eigenvalue weighted by Crippen LogP contribution is 2.13. The normalized spacial score (nSPS) is 13.1. The lowest BCUT2D eigenvalue weighted by Crippen LogP contribution is -2.01. The highest BCUT2D eigenvalue weighted by Gasteiger charge is 2.02. The molecular weight excluding hydrogens is 160 g/mol. The van der Waals surface area contributed by atoms with Gasteiger partial charge in [0.2, 0.25) is 0 Å². The lowest BCUT2D eigenvalue weighted by molar-refractivity contribution is 0.149. The molecule has 1 heteroatoms. The molecule has 1 nitrogen and oxygen atoms in total. The maximum absolute atomic E-state index is 5.45. The first-order valence-corrected chi connectivity index (χ1v) is 5.17. The van der Waals surface area contributed by atoms with Gasteiger partial charge in [0, 0.05) is 6.61 Å². The lowest BCUT2D eigenvalue weighted by atomic mass is 9.96. The summed E-state index contributed by atoms with van der Waals surface area (Å²) >= 11 is 0. The fourth-order valence-electron chi connectivity index (χ4n) is 0.872. The number of allylic oxidation sites excluding steroid dienone is 1. The van der Waals surface area contributed by atoms with Gasteiger partial charge in [-0.2, -0.15) is 0 Å². The van der Waals surface area contributed by atoms with Gasteiger partial charge in [-0.05, 0) is 17.8 Å². The summed E-state index contributed by atoms with van der Waals surface area (Å²) in [4.78, 5) is 0. The van der Waals surface area contributed by atoms with Crippen molar-refractivity contribution in [3.8, 4) is 0 Å². The van der Waals surface area contributed by atoms with Crippen molar-refractivity contribution < 1.29 is 4.74 Å². The van der Waals surface area contributed by atoms with E-state index < -0.39 is 0 Å². The molecule has 0 spiro atoms. The largest absolute Gasteiger partial charge is 0.377 e. The molecule has 0 amide bonds. The molecule has 0 aromatic heterocycles. The zero-order valence-electron chi connectivity index (χ0n) is 9.76. The van der Waals surface area contributed by atoms with E-state index in [4.69, 9.17) is 4.74 Å². The second kappa shape index (κ2) is 6.20. The molecule has 0 fully saturated rings. The summed E-state index contributed by atoms with van der Waals surface area (Å²) in [5.74, 6) is 0.742. The van der Waals surface area contributed by atoms with Gasteiger partial charge in [-0.3, -0.25) is 0 Å². The van der Waals surface area contributed by atoms with Crippen LogP contribution in [0.5, 0.6) is 0 Å². The Balaban J connectivity index is 3.31. The molecular formula is C12H24O. The van der Waals surface area contributed by atoms with Crippen LogP contribution in [-0.2, 0) is 4.74 Å². The van der Waals surface area contributed by atoms with Crippen LogP contribution < -0.4 is 0 Å². The van der Waals surface area contributed by atoms with Gasteiger partial charge >= 0.3 is 0 Å². The number of ether oxygens (including phenoxy) is 1. The maximum Gasteiger partial charge on any atom is 0.0647 e. The molecule has 0 saturated heterocycles. The molecule has 0 saturated carbocycles. The number of hydrogen-bond donors (Lipinski definition) is 0. The van der Waals surface area contributed by atoms with E-state index in [9.17, 15) is 0 Å². The Morgan fingerprint density at radius 3 is 2.31 bits per heavy atom. The van der Waals surface area contributed by atoms with Gasteiger partial charge in [0.15, 0.2) is 0 Å². The van der Waals surface area contributed by atoms with Crippen molar-refractivity contribution in [1.82, 2.24) is 0 Å². The summed E-state index contributed by atoms with van der Waals surface area (Å²) < 4.78 is 5.45. The zero-order valence-corrected chi connectivity index (χ0v) is 9.76. The van der Waals surface area contributed by atoms with Gasteiger partial charge in [0.1, 0.15) is 0 Å². The second-order valence-electron chi connectivity index (χ2n) is 5.03. The summed E-state index contributed by atoms with van der Waals surface area (Å²) in [7, 11) is 0. The molecule has 78 valence electrons. The van der Waals surface area contributed by atoms with E-state index >= 15 is 0 Å². The molecule has 13 heavy (non-hydrogen) atoms. The summed E-state index contributed by atoms with van der Waals surface area (Å²) in [5.41, 5.74) is 0.279. The van der Waals surface area contributed by atoms with Crippen molar-refractivity contribution in [1.29, 1.82) is 0 Å². The topological polar surface area (TPSA) is 9.23 Å². The predicted molar refractivity (Wildman–Crippen MR) is 58.9 cm³/mol. The Labute approximate surface area is 83.2 Å². The Kier molecular flexibility index (Phi) is 6.06. The molecule has 0 bridgehead atoms. The highest BCUT2D eigenvalue weighted by atomic mass is 16.5. The molecule has 0 aromatic rings. The number of hydrogen-bond acceptors (Lipinski definition) is 1. The van der Waals surface area contributed by atoms with E-state index in [0.29, 0.717) is 0 Å². The highest BCUT2D eigenvalue weighted by molar-refractivity contribution is 4.91. The third-order valence-electron chi connectivity index (χ3n) is 1.67. The standard InChI is InChI=1S/C12H24O/c1-11(2)7-10-13-9-6-8-12(3,4)5/h6,8,11H,7,9-10H2,1-5H3/b8-6-. The monoisotopic (exact) mass is 184 g/mol. The van der Waals surface area contributed by atoms with E-state index in [1.54, 1.807) is 0 Å².